The average molecular weight is 329 g/mol. The van der Waals surface area contributed by atoms with Gasteiger partial charge >= 0.3 is 0 Å². The molecule has 3 rings (SSSR count). The van der Waals surface area contributed by atoms with Crippen molar-refractivity contribution in [2.24, 2.45) is 0 Å². The molecule has 1 atom stereocenters. The number of hydrogen-bond donors (Lipinski definition) is 1. The predicted octanol–water partition coefficient (Wildman–Crippen LogP) is 5.13. The molecule has 1 N–H and O–H groups in total. The highest BCUT2D eigenvalue weighted by molar-refractivity contribution is 5.95. The van der Waals surface area contributed by atoms with Crippen molar-refractivity contribution >= 4 is 5.91 Å². The SMILES string of the molecule is Cc1cccc(C(NC(=O)c2ccc(C)c(C)c2)c2ccccc2)c1. The summed E-state index contributed by atoms with van der Waals surface area (Å²) in [5, 5.41) is 3.20. The normalized spacial score (nSPS) is 11.8. The van der Waals surface area contributed by atoms with Gasteiger partial charge in [0.2, 0.25) is 0 Å². The average Bonchev–Trinajstić information content (AvgIpc) is 2.62. The molecule has 25 heavy (non-hydrogen) atoms. The van der Waals surface area contributed by atoms with Crippen LogP contribution in [0.2, 0.25) is 0 Å². The predicted molar refractivity (Wildman–Crippen MR) is 103 cm³/mol. The van der Waals surface area contributed by atoms with Gasteiger partial charge in [0, 0.05) is 5.56 Å². The van der Waals surface area contributed by atoms with E-state index in [9.17, 15) is 4.79 Å². The fourth-order valence-corrected chi connectivity index (χ4v) is 2.95. The lowest BCUT2D eigenvalue weighted by atomic mass is 9.96. The molecule has 126 valence electrons. The van der Waals surface area contributed by atoms with Crippen LogP contribution in [0.1, 0.15) is 44.2 Å². The van der Waals surface area contributed by atoms with E-state index in [2.05, 4.69) is 37.4 Å². The van der Waals surface area contributed by atoms with Crippen LogP contribution < -0.4 is 5.32 Å². The van der Waals surface area contributed by atoms with Gasteiger partial charge in [-0.3, -0.25) is 4.79 Å². The third-order valence-corrected chi connectivity index (χ3v) is 4.55. The second-order valence-corrected chi connectivity index (χ2v) is 6.53. The van der Waals surface area contributed by atoms with E-state index < -0.39 is 0 Å². The molecule has 0 saturated heterocycles. The highest BCUT2D eigenvalue weighted by atomic mass is 16.1. The summed E-state index contributed by atoms with van der Waals surface area (Å²) in [5.41, 5.74) is 6.35. The van der Waals surface area contributed by atoms with E-state index in [1.165, 1.54) is 11.1 Å². The molecule has 0 bridgehead atoms. The molecule has 0 aliphatic heterocycles. The molecule has 2 heteroatoms. The summed E-state index contributed by atoms with van der Waals surface area (Å²) >= 11 is 0. The largest absolute Gasteiger partial charge is 0.341 e. The monoisotopic (exact) mass is 329 g/mol. The Morgan fingerprint density at radius 2 is 1.48 bits per heavy atom. The molecular formula is C23H23NO. The summed E-state index contributed by atoms with van der Waals surface area (Å²) in [5.74, 6) is -0.0570. The zero-order chi connectivity index (χ0) is 17.8. The van der Waals surface area contributed by atoms with E-state index in [-0.39, 0.29) is 11.9 Å². The van der Waals surface area contributed by atoms with Gasteiger partial charge in [0.1, 0.15) is 0 Å². The number of hydrogen-bond acceptors (Lipinski definition) is 1. The number of nitrogens with one attached hydrogen (secondary N) is 1. The van der Waals surface area contributed by atoms with Crippen LogP contribution >= 0.6 is 0 Å². The molecule has 0 aliphatic rings. The smallest absolute Gasteiger partial charge is 0.252 e. The summed E-state index contributed by atoms with van der Waals surface area (Å²) in [6.45, 7) is 6.15. The van der Waals surface area contributed by atoms with Crippen molar-refractivity contribution in [2.75, 3.05) is 0 Å². The van der Waals surface area contributed by atoms with Crippen molar-refractivity contribution < 1.29 is 4.79 Å². The summed E-state index contributed by atoms with van der Waals surface area (Å²) < 4.78 is 0. The van der Waals surface area contributed by atoms with Crippen molar-refractivity contribution in [3.63, 3.8) is 0 Å². The Kier molecular flexibility index (Phi) is 4.99. The van der Waals surface area contributed by atoms with Crippen LogP contribution in [0.25, 0.3) is 0 Å². The zero-order valence-electron chi connectivity index (χ0n) is 14.9. The molecule has 0 aromatic heterocycles. The lowest BCUT2D eigenvalue weighted by Crippen LogP contribution is -2.29. The molecule has 0 fully saturated rings. The topological polar surface area (TPSA) is 29.1 Å². The van der Waals surface area contributed by atoms with Crippen molar-refractivity contribution in [3.8, 4) is 0 Å². The van der Waals surface area contributed by atoms with Crippen LogP contribution in [-0.2, 0) is 0 Å². The first-order valence-corrected chi connectivity index (χ1v) is 8.54. The standard InChI is InChI=1S/C23H23NO/c1-16-8-7-11-20(14-16)22(19-9-5-4-6-10-19)24-23(25)21-13-12-17(2)18(3)15-21/h4-15,22H,1-3H3,(H,24,25). The van der Waals surface area contributed by atoms with E-state index in [1.54, 1.807) is 0 Å². The first-order valence-electron chi connectivity index (χ1n) is 8.54. The molecule has 0 spiro atoms. The second-order valence-electron chi connectivity index (χ2n) is 6.53. The lowest BCUT2D eigenvalue weighted by Gasteiger charge is -2.20. The van der Waals surface area contributed by atoms with Crippen LogP contribution in [0.15, 0.2) is 72.8 Å². The maximum Gasteiger partial charge on any atom is 0.252 e. The number of carbonyl (C=O) groups is 1. The van der Waals surface area contributed by atoms with E-state index in [1.807, 2.05) is 61.5 Å². The molecule has 2 nitrogen and oxygen atoms in total. The van der Waals surface area contributed by atoms with Gasteiger partial charge in [-0.15, -0.1) is 0 Å². The maximum absolute atomic E-state index is 12.8. The number of carbonyl (C=O) groups excluding carboxylic acids is 1. The summed E-state index contributed by atoms with van der Waals surface area (Å²) in [7, 11) is 0. The Labute approximate surface area is 149 Å². The van der Waals surface area contributed by atoms with Gasteiger partial charge in [0.05, 0.1) is 6.04 Å². The van der Waals surface area contributed by atoms with Crippen LogP contribution in [0.4, 0.5) is 0 Å². The fourth-order valence-electron chi connectivity index (χ4n) is 2.95. The Bertz CT molecular complexity index is 884. The van der Waals surface area contributed by atoms with Crippen molar-refractivity contribution in [1.29, 1.82) is 0 Å². The summed E-state index contributed by atoms with van der Waals surface area (Å²) in [6.07, 6.45) is 0. The third-order valence-electron chi connectivity index (χ3n) is 4.55. The molecule has 0 heterocycles. The minimum atomic E-state index is -0.171. The maximum atomic E-state index is 12.8. The first-order chi connectivity index (χ1) is 12.0. The Morgan fingerprint density at radius 3 is 2.16 bits per heavy atom. The van der Waals surface area contributed by atoms with Gasteiger partial charge in [0.15, 0.2) is 0 Å². The van der Waals surface area contributed by atoms with Gasteiger partial charge in [-0.05, 0) is 55.2 Å². The lowest BCUT2D eigenvalue weighted by molar-refractivity contribution is 0.0943. The van der Waals surface area contributed by atoms with Crippen molar-refractivity contribution in [2.45, 2.75) is 26.8 Å². The van der Waals surface area contributed by atoms with E-state index in [4.69, 9.17) is 0 Å². The van der Waals surface area contributed by atoms with Crippen LogP contribution in [0.3, 0.4) is 0 Å². The molecular weight excluding hydrogens is 306 g/mol. The molecule has 3 aromatic carbocycles. The quantitative estimate of drug-likeness (QED) is 0.706. The molecule has 1 amide bonds. The van der Waals surface area contributed by atoms with Crippen LogP contribution in [-0.4, -0.2) is 5.91 Å². The van der Waals surface area contributed by atoms with Crippen molar-refractivity contribution in [1.82, 2.24) is 5.32 Å². The minimum Gasteiger partial charge on any atom is -0.341 e. The van der Waals surface area contributed by atoms with Gasteiger partial charge in [-0.25, -0.2) is 0 Å². The van der Waals surface area contributed by atoms with Crippen molar-refractivity contribution in [3.05, 3.63) is 106 Å². The highest BCUT2D eigenvalue weighted by Crippen LogP contribution is 2.23. The number of aryl methyl sites for hydroxylation is 3. The Morgan fingerprint density at radius 1 is 0.760 bits per heavy atom. The van der Waals surface area contributed by atoms with Crippen LogP contribution in [0.5, 0.6) is 0 Å². The minimum absolute atomic E-state index is 0.0570. The first kappa shape index (κ1) is 17.0. The molecule has 0 saturated carbocycles. The van der Waals surface area contributed by atoms with Gasteiger partial charge < -0.3 is 5.32 Å². The fraction of sp³-hybridized carbons (Fsp3) is 0.174. The number of benzene rings is 3. The third kappa shape index (κ3) is 3.97. The Hall–Kier alpha value is -2.87. The summed E-state index contributed by atoms with van der Waals surface area (Å²) in [4.78, 5) is 12.8. The highest BCUT2D eigenvalue weighted by Gasteiger charge is 2.18. The second kappa shape index (κ2) is 7.35. The number of amides is 1. The molecule has 3 aromatic rings. The molecule has 0 radical (unpaired) electrons. The van der Waals surface area contributed by atoms with Gasteiger partial charge in [-0.1, -0.05) is 66.2 Å². The van der Waals surface area contributed by atoms with Gasteiger partial charge in [-0.2, -0.15) is 0 Å². The van der Waals surface area contributed by atoms with Crippen LogP contribution in [0, 0.1) is 20.8 Å². The number of rotatable bonds is 4. The molecule has 1 unspecified atom stereocenters. The molecule has 0 aliphatic carbocycles. The zero-order valence-corrected chi connectivity index (χ0v) is 14.9. The van der Waals surface area contributed by atoms with E-state index >= 15 is 0 Å². The van der Waals surface area contributed by atoms with E-state index in [0.717, 1.165) is 16.7 Å². The van der Waals surface area contributed by atoms with Gasteiger partial charge in [0.25, 0.3) is 5.91 Å². The van der Waals surface area contributed by atoms with E-state index in [0.29, 0.717) is 5.56 Å². The Balaban J connectivity index is 1.95. The summed E-state index contributed by atoms with van der Waals surface area (Å²) in [6, 6.07) is 24.0.